The van der Waals surface area contributed by atoms with Gasteiger partial charge in [-0.1, -0.05) is 11.2 Å². The summed E-state index contributed by atoms with van der Waals surface area (Å²) in [7, 11) is 4.93. The van der Waals surface area contributed by atoms with E-state index in [4.69, 9.17) is 14.0 Å². The highest BCUT2D eigenvalue weighted by atomic mass is 32.1. The third-order valence-electron chi connectivity index (χ3n) is 3.71. The molecule has 0 unspecified atom stereocenters. The van der Waals surface area contributed by atoms with Crippen molar-refractivity contribution in [3.63, 3.8) is 0 Å². The predicted molar refractivity (Wildman–Crippen MR) is 95.2 cm³/mol. The van der Waals surface area contributed by atoms with E-state index in [-0.39, 0.29) is 5.91 Å². The zero-order valence-electron chi connectivity index (χ0n) is 14.2. The van der Waals surface area contributed by atoms with Crippen molar-refractivity contribution >= 4 is 17.2 Å². The summed E-state index contributed by atoms with van der Waals surface area (Å²) >= 11 is 1.42. The van der Waals surface area contributed by atoms with Crippen LogP contribution in [0.4, 0.5) is 0 Å². The summed E-state index contributed by atoms with van der Waals surface area (Å²) in [6, 6.07) is 10.9. The van der Waals surface area contributed by atoms with Gasteiger partial charge in [0, 0.05) is 13.1 Å². The molecule has 7 heteroatoms. The maximum absolute atomic E-state index is 12.3. The van der Waals surface area contributed by atoms with E-state index < -0.39 is 0 Å². The minimum Gasteiger partial charge on any atom is -0.497 e. The standard InChI is InChI=1S/C18H18N2O4S/c1-20(18(21)17-5-4-8-25-17)11-12-9-16(24-19-12)14-10-13(22-2)6-7-15(14)23-3/h4-10H,11H2,1-3H3. The predicted octanol–water partition coefficient (Wildman–Crippen LogP) is 3.69. The van der Waals surface area contributed by atoms with E-state index >= 15 is 0 Å². The molecule has 0 N–H and O–H groups in total. The lowest BCUT2D eigenvalue weighted by Gasteiger charge is -2.13. The molecule has 0 fully saturated rings. The number of carbonyl (C=O) groups is 1. The highest BCUT2D eigenvalue weighted by Crippen LogP contribution is 2.33. The van der Waals surface area contributed by atoms with Crippen LogP contribution in [0.2, 0.25) is 0 Å². The second kappa shape index (κ2) is 7.40. The van der Waals surface area contributed by atoms with Gasteiger partial charge in [0.1, 0.15) is 17.2 Å². The molecule has 0 saturated heterocycles. The quantitative estimate of drug-likeness (QED) is 0.672. The van der Waals surface area contributed by atoms with Gasteiger partial charge in [-0.25, -0.2) is 0 Å². The number of aromatic nitrogens is 1. The van der Waals surface area contributed by atoms with Crippen molar-refractivity contribution in [2.45, 2.75) is 6.54 Å². The molecule has 0 spiro atoms. The number of nitrogens with zero attached hydrogens (tertiary/aromatic N) is 2. The van der Waals surface area contributed by atoms with E-state index in [2.05, 4.69) is 5.16 Å². The summed E-state index contributed by atoms with van der Waals surface area (Å²) in [4.78, 5) is 14.6. The molecular formula is C18H18N2O4S. The van der Waals surface area contributed by atoms with Gasteiger partial charge in [-0.05, 0) is 29.6 Å². The van der Waals surface area contributed by atoms with E-state index in [1.165, 1.54) is 11.3 Å². The molecule has 0 radical (unpaired) electrons. The highest BCUT2D eigenvalue weighted by molar-refractivity contribution is 7.12. The minimum absolute atomic E-state index is 0.0430. The Morgan fingerprint density at radius 1 is 1.24 bits per heavy atom. The summed E-state index contributed by atoms with van der Waals surface area (Å²) < 4.78 is 16.1. The van der Waals surface area contributed by atoms with Gasteiger partial charge < -0.3 is 18.9 Å². The van der Waals surface area contributed by atoms with Crippen LogP contribution in [0.5, 0.6) is 11.5 Å². The van der Waals surface area contributed by atoms with Crippen molar-refractivity contribution in [3.05, 3.63) is 52.3 Å². The van der Waals surface area contributed by atoms with E-state index in [0.29, 0.717) is 34.4 Å². The van der Waals surface area contributed by atoms with E-state index in [0.717, 1.165) is 5.56 Å². The third-order valence-corrected chi connectivity index (χ3v) is 4.57. The Morgan fingerprint density at radius 3 is 2.76 bits per heavy atom. The Balaban J connectivity index is 1.80. The first-order valence-electron chi connectivity index (χ1n) is 7.59. The number of methoxy groups -OCH3 is 2. The van der Waals surface area contributed by atoms with Crippen LogP contribution in [-0.4, -0.2) is 37.2 Å². The normalized spacial score (nSPS) is 10.5. The highest BCUT2D eigenvalue weighted by Gasteiger charge is 2.17. The lowest BCUT2D eigenvalue weighted by molar-refractivity contribution is 0.0787. The average molecular weight is 358 g/mol. The molecule has 3 aromatic rings. The lowest BCUT2D eigenvalue weighted by atomic mass is 10.1. The van der Waals surface area contributed by atoms with Gasteiger partial charge in [0.05, 0.1) is 31.2 Å². The first-order chi connectivity index (χ1) is 12.1. The monoisotopic (exact) mass is 358 g/mol. The summed E-state index contributed by atoms with van der Waals surface area (Å²) in [5, 5.41) is 5.94. The van der Waals surface area contributed by atoms with Crippen LogP contribution >= 0.6 is 11.3 Å². The van der Waals surface area contributed by atoms with Gasteiger partial charge in [-0.2, -0.15) is 0 Å². The van der Waals surface area contributed by atoms with Crippen LogP contribution in [0.1, 0.15) is 15.4 Å². The smallest absolute Gasteiger partial charge is 0.264 e. The first kappa shape index (κ1) is 17.0. The fourth-order valence-corrected chi connectivity index (χ4v) is 3.14. The summed E-state index contributed by atoms with van der Waals surface area (Å²) in [5.74, 6) is 1.87. The van der Waals surface area contributed by atoms with Gasteiger partial charge in [0.15, 0.2) is 5.76 Å². The van der Waals surface area contributed by atoms with Crippen molar-refractivity contribution < 1.29 is 18.8 Å². The molecule has 0 atom stereocenters. The van der Waals surface area contributed by atoms with Crippen molar-refractivity contribution in [2.75, 3.05) is 21.3 Å². The lowest BCUT2D eigenvalue weighted by Crippen LogP contribution is -2.25. The molecule has 3 rings (SSSR count). The molecular weight excluding hydrogens is 340 g/mol. The summed E-state index contributed by atoms with van der Waals surface area (Å²) in [6.45, 7) is 0.354. The van der Waals surface area contributed by atoms with Crippen molar-refractivity contribution in [1.29, 1.82) is 0 Å². The molecule has 1 aromatic carbocycles. The topological polar surface area (TPSA) is 64.8 Å². The zero-order valence-corrected chi connectivity index (χ0v) is 15.0. The van der Waals surface area contributed by atoms with Gasteiger partial charge in [0.25, 0.3) is 5.91 Å². The molecule has 0 bridgehead atoms. The molecule has 0 saturated carbocycles. The minimum atomic E-state index is -0.0430. The van der Waals surface area contributed by atoms with Crippen LogP contribution in [0.15, 0.2) is 46.3 Å². The van der Waals surface area contributed by atoms with E-state index in [9.17, 15) is 4.79 Å². The third kappa shape index (κ3) is 3.66. The largest absolute Gasteiger partial charge is 0.497 e. The maximum atomic E-state index is 12.3. The molecule has 6 nitrogen and oxygen atoms in total. The van der Waals surface area contributed by atoms with Gasteiger partial charge in [-0.3, -0.25) is 4.79 Å². The molecule has 0 aliphatic carbocycles. The van der Waals surface area contributed by atoms with Crippen molar-refractivity contribution in [2.24, 2.45) is 0 Å². The Labute approximate surface area is 149 Å². The number of carbonyl (C=O) groups excluding carboxylic acids is 1. The fourth-order valence-electron chi connectivity index (χ4n) is 2.42. The molecule has 130 valence electrons. The van der Waals surface area contributed by atoms with Gasteiger partial charge in [0.2, 0.25) is 0 Å². The SMILES string of the molecule is COc1ccc(OC)c(-c2cc(CN(C)C(=O)c3cccs3)no2)c1. The number of thiophene rings is 1. The number of hydrogen-bond donors (Lipinski definition) is 0. The number of rotatable bonds is 6. The summed E-state index contributed by atoms with van der Waals surface area (Å²) in [5.41, 5.74) is 1.40. The molecule has 0 aliphatic heterocycles. The Morgan fingerprint density at radius 2 is 2.08 bits per heavy atom. The van der Waals surface area contributed by atoms with Gasteiger partial charge >= 0.3 is 0 Å². The molecule has 0 aliphatic rings. The van der Waals surface area contributed by atoms with Crippen LogP contribution < -0.4 is 9.47 Å². The van der Waals surface area contributed by atoms with E-state index in [1.807, 2.05) is 29.6 Å². The second-order valence-electron chi connectivity index (χ2n) is 5.39. The van der Waals surface area contributed by atoms with Crippen LogP contribution in [0.3, 0.4) is 0 Å². The number of ether oxygens (including phenoxy) is 2. The van der Waals surface area contributed by atoms with Crippen molar-refractivity contribution in [1.82, 2.24) is 10.1 Å². The molecule has 25 heavy (non-hydrogen) atoms. The zero-order chi connectivity index (χ0) is 17.8. The van der Waals surface area contributed by atoms with Gasteiger partial charge in [-0.15, -0.1) is 11.3 Å². The van der Waals surface area contributed by atoms with Crippen LogP contribution in [0.25, 0.3) is 11.3 Å². The molecule has 1 amide bonds. The maximum Gasteiger partial charge on any atom is 0.264 e. The number of benzene rings is 1. The average Bonchev–Trinajstić information content (AvgIpc) is 3.32. The number of hydrogen-bond acceptors (Lipinski definition) is 6. The van der Waals surface area contributed by atoms with Crippen LogP contribution in [-0.2, 0) is 6.54 Å². The first-order valence-corrected chi connectivity index (χ1v) is 8.47. The Kier molecular flexibility index (Phi) is 5.04. The van der Waals surface area contributed by atoms with Crippen molar-refractivity contribution in [3.8, 4) is 22.8 Å². The molecule has 2 heterocycles. The van der Waals surface area contributed by atoms with Crippen LogP contribution in [0, 0.1) is 0 Å². The van der Waals surface area contributed by atoms with E-state index in [1.54, 1.807) is 38.3 Å². The second-order valence-corrected chi connectivity index (χ2v) is 6.33. The fraction of sp³-hybridized carbons (Fsp3) is 0.222. The Bertz CT molecular complexity index is 858. The number of amides is 1. The summed E-state index contributed by atoms with van der Waals surface area (Å²) in [6.07, 6.45) is 0. The Hall–Kier alpha value is -2.80. The molecule has 2 aromatic heterocycles.